The molecule has 3 aromatic heterocycles. The van der Waals surface area contributed by atoms with Crippen LogP contribution in [0.15, 0.2) is 30.5 Å². The van der Waals surface area contributed by atoms with Crippen LogP contribution < -0.4 is 5.73 Å². The summed E-state index contributed by atoms with van der Waals surface area (Å²) in [6.07, 6.45) is 3.92. The van der Waals surface area contributed by atoms with E-state index in [1.165, 1.54) is 0 Å². The molecule has 0 radical (unpaired) electrons. The fourth-order valence-corrected chi connectivity index (χ4v) is 3.47. The number of anilines is 1. The second kappa shape index (κ2) is 6.19. The van der Waals surface area contributed by atoms with E-state index in [1.54, 1.807) is 10.7 Å². The number of hydrogen-bond donors (Lipinski definition) is 1. The zero-order chi connectivity index (χ0) is 17.4. The van der Waals surface area contributed by atoms with Gasteiger partial charge in [0.1, 0.15) is 18.2 Å². The molecule has 0 saturated carbocycles. The van der Waals surface area contributed by atoms with E-state index < -0.39 is 0 Å². The maximum Gasteiger partial charge on any atom is 0.244 e. The molecule has 130 valence electrons. The molecule has 1 aliphatic rings. The van der Waals surface area contributed by atoms with Gasteiger partial charge >= 0.3 is 0 Å². The van der Waals surface area contributed by atoms with E-state index in [1.807, 2.05) is 40.6 Å². The highest BCUT2D eigenvalue weighted by Gasteiger charge is 2.28. The lowest BCUT2D eigenvalue weighted by molar-refractivity contribution is -0.133. The van der Waals surface area contributed by atoms with Gasteiger partial charge in [0.25, 0.3) is 0 Å². The lowest BCUT2D eigenvalue weighted by atomic mass is 9.97. The normalized spacial score (nSPS) is 18.0. The fraction of sp³-hybridized carbons (Fsp3) is 0.412. The van der Waals surface area contributed by atoms with Gasteiger partial charge in [0, 0.05) is 31.3 Å². The Balaban J connectivity index is 1.51. The number of likely N-dealkylation sites (tertiary alicyclic amines) is 1. The summed E-state index contributed by atoms with van der Waals surface area (Å²) >= 11 is 0. The summed E-state index contributed by atoms with van der Waals surface area (Å²) in [5.41, 5.74) is 7.54. The second-order valence-electron chi connectivity index (χ2n) is 6.53. The monoisotopic (exact) mass is 339 g/mol. The molecule has 3 aromatic rings. The van der Waals surface area contributed by atoms with Crippen molar-refractivity contribution in [3.8, 4) is 0 Å². The van der Waals surface area contributed by atoms with Crippen molar-refractivity contribution in [2.24, 2.45) is 0 Å². The fourth-order valence-electron chi connectivity index (χ4n) is 3.47. The molecule has 0 spiro atoms. The predicted octanol–water partition coefficient (Wildman–Crippen LogP) is 1.22. The van der Waals surface area contributed by atoms with E-state index in [4.69, 9.17) is 5.73 Å². The predicted molar refractivity (Wildman–Crippen MR) is 92.9 cm³/mol. The van der Waals surface area contributed by atoms with Crippen LogP contribution in [0.2, 0.25) is 0 Å². The highest BCUT2D eigenvalue weighted by molar-refractivity contribution is 5.76. The lowest BCUT2D eigenvalue weighted by Gasteiger charge is -2.32. The van der Waals surface area contributed by atoms with E-state index in [0.29, 0.717) is 12.4 Å². The van der Waals surface area contributed by atoms with Crippen molar-refractivity contribution in [1.29, 1.82) is 0 Å². The van der Waals surface area contributed by atoms with Crippen LogP contribution in [-0.4, -0.2) is 48.3 Å². The molecule has 1 atom stereocenters. The van der Waals surface area contributed by atoms with Gasteiger partial charge in [-0.15, -0.1) is 10.2 Å². The largest absolute Gasteiger partial charge is 0.384 e. The number of carbonyl (C=O) groups excluding carboxylic acids is 1. The van der Waals surface area contributed by atoms with Crippen molar-refractivity contribution >= 4 is 17.4 Å². The number of amides is 1. The SMILES string of the molecule is Cc1cc(N)n(CC(=O)N2CCC[C@H](c3nnc4ccccn34)C2)n1. The number of nitrogen functional groups attached to an aromatic ring is 1. The first-order valence-electron chi connectivity index (χ1n) is 8.49. The van der Waals surface area contributed by atoms with Crippen LogP contribution in [0, 0.1) is 6.92 Å². The van der Waals surface area contributed by atoms with E-state index in [2.05, 4.69) is 15.3 Å². The van der Waals surface area contributed by atoms with Crippen LogP contribution in [0.3, 0.4) is 0 Å². The number of fused-ring (bicyclic) bond motifs is 1. The molecule has 25 heavy (non-hydrogen) atoms. The standard InChI is InChI=1S/C17H21N7O/c1-12-9-14(18)24(21-12)11-16(25)22-7-4-5-13(10-22)17-20-19-15-6-2-3-8-23(15)17/h2-3,6,8-9,13H,4-5,7,10-11,18H2,1H3/t13-/m0/s1. The van der Waals surface area contributed by atoms with Crippen LogP contribution in [0.4, 0.5) is 5.82 Å². The Kier molecular flexibility index (Phi) is 3.87. The number of carbonyl (C=O) groups is 1. The number of aromatic nitrogens is 5. The molecule has 1 fully saturated rings. The number of rotatable bonds is 3. The zero-order valence-electron chi connectivity index (χ0n) is 14.2. The van der Waals surface area contributed by atoms with Crippen molar-refractivity contribution in [2.45, 2.75) is 32.2 Å². The average molecular weight is 339 g/mol. The maximum atomic E-state index is 12.7. The van der Waals surface area contributed by atoms with Gasteiger partial charge in [0.2, 0.25) is 5.91 Å². The smallest absolute Gasteiger partial charge is 0.244 e. The van der Waals surface area contributed by atoms with Crippen molar-refractivity contribution in [3.05, 3.63) is 42.0 Å². The zero-order valence-corrected chi connectivity index (χ0v) is 14.2. The first-order valence-corrected chi connectivity index (χ1v) is 8.49. The van der Waals surface area contributed by atoms with Gasteiger partial charge in [0.05, 0.1) is 5.69 Å². The second-order valence-corrected chi connectivity index (χ2v) is 6.53. The van der Waals surface area contributed by atoms with Gasteiger partial charge in [-0.1, -0.05) is 6.07 Å². The van der Waals surface area contributed by atoms with Crippen LogP contribution in [-0.2, 0) is 11.3 Å². The van der Waals surface area contributed by atoms with Gasteiger partial charge < -0.3 is 10.6 Å². The molecule has 2 N–H and O–H groups in total. The maximum absolute atomic E-state index is 12.7. The summed E-state index contributed by atoms with van der Waals surface area (Å²) in [6.45, 7) is 3.44. The quantitative estimate of drug-likeness (QED) is 0.774. The highest BCUT2D eigenvalue weighted by atomic mass is 16.2. The number of pyridine rings is 1. The number of hydrogen-bond acceptors (Lipinski definition) is 5. The number of aryl methyl sites for hydroxylation is 1. The minimum Gasteiger partial charge on any atom is -0.384 e. The van der Waals surface area contributed by atoms with E-state index in [0.717, 1.165) is 36.6 Å². The van der Waals surface area contributed by atoms with E-state index >= 15 is 0 Å². The summed E-state index contributed by atoms with van der Waals surface area (Å²) in [5, 5.41) is 12.8. The number of piperidine rings is 1. The topological polar surface area (TPSA) is 94.3 Å². The molecule has 0 aliphatic carbocycles. The number of nitrogens with zero attached hydrogens (tertiary/aromatic N) is 6. The third-order valence-corrected chi connectivity index (χ3v) is 4.70. The summed E-state index contributed by atoms with van der Waals surface area (Å²) < 4.78 is 3.57. The molecule has 8 nitrogen and oxygen atoms in total. The first kappa shape index (κ1) is 15.6. The Labute approximate surface area is 145 Å². The molecular formula is C17H21N7O. The first-order chi connectivity index (χ1) is 12.1. The molecule has 1 aliphatic heterocycles. The van der Waals surface area contributed by atoms with E-state index in [-0.39, 0.29) is 18.4 Å². The summed E-state index contributed by atoms with van der Waals surface area (Å²) in [4.78, 5) is 14.6. The van der Waals surface area contributed by atoms with Crippen molar-refractivity contribution in [3.63, 3.8) is 0 Å². The Morgan fingerprint density at radius 1 is 1.36 bits per heavy atom. The molecular weight excluding hydrogens is 318 g/mol. The minimum absolute atomic E-state index is 0.0355. The van der Waals surface area contributed by atoms with Crippen molar-refractivity contribution < 1.29 is 4.79 Å². The molecule has 1 amide bonds. The molecule has 0 bridgehead atoms. The van der Waals surface area contributed by atoms with Crippen molar-refractivity contribution in [2.75, 3.05) is 18.8 Å². The van der Waals surface area contributed by atoms with E-state index in [9.17, 15) is 4.79 Å². The molecule has 1 saturated heterocycles. The van der Waals surface area contributed by atoms with Crippen LogP contribution in [0.1, 0.15) is 30.3 Å². The Bertz CT molecular complexity index is 913. The van der Waals surface area contributed by atoms with Gasteiger partial charge in [-0.05, 0) is 31.9 Å². The number of nitrogens with two attached hydrogens (primary N) is 1. The molecule has 0 aromatic carbocycles. The summed E-state index contributed by atoms with van der Waals surface area (Å²) in [6, 6.07) is 7.62. The van der Waals surface area contributed by atoms with Gasteiger partial charge in [0.15, 0.2) is 5.65 Å². The lowest BCUT2D eigenvalue weighted by Crippen LogP contribution is -2.41. The summed E-state index contributed by atoms with van der Waals surface area (Å²) in [5.74, 6) is 1.66. The van der Waals surface area contributed by atoms with Crippen molar-refractivity contribution in [1.82, 2.24) is 29.3 Å². The van der Waals surface area contributed by atoms with Gasteiger partial charge in [-0.3, -0.25) is 9.20 Å². The third kappa shape index (κ3) is 2.95. The molecule has 8 heteroatoms. The van der Waals surface area contributed by atoms with Crippen LogP contribution in [0.5, 0.6) is 0 Å². The average Bonchev–Trinajstić information content (AvgIpc) is 3.18. The Morgan fingerprint density at radius 2 is 2.24 bits per heavy atom. The van der Waals surface area contributed by atoms with Gasteiger partial charge in [-0.2, -0.15) is 5.10 Å². The molecule has 0 unspecified atom stereocenters. The third-order valence-electron chi connectivity index (χ3n) is 4.70. The van der Waals surface area contributed by atoms with Crippen LogP contribution in [0.25, 0.3) is 5.65 Å². The Hall–Kier alpha value is -2.90. The molecule has 4 rings (SSSR count). The van der Waals surface area contributed by atoms with Gasteiger partial charge in [-0.25, -0.2) is 4.68 Å². The minimum atomic E-state index is 0.0355. The summed E-state index contributed by atoms with van der Waals surface area (Å²) in [7, 11) is 0. The highest BCUT2D eigenvalue weighted by Crippen LogP contribution is 2.26. The molecule has 4 heterocycles. The Morgan fingerprint density at radius 3 is 3.04 bits per heavy atom. The van der Waals surface area contributed by atoms with Crippen LogP contribution >= 0.6 is 0 Å².